The zero-order valence-electron chi connectivity index (χ0n) is 11.5. The van der Waals surface area contributed by atoms with Gasteiger partial charge < -0.3 is 15.5 Å². The largest absolute Gasteiger partial charge is 0.506 e. The fourth-order valence-corrected chi connectivity index (χ4v) is 3.58. The summed E-state index contributed by atoms with van der Waals surface area (Å²) in [6.45, 7) is 3.95. The molecule has 1 heterocycles. The van der Waals surface area contributed by atoms with Crippen molar-refractivity contribution in [1.82, 2.24) is 0 Å². The standard InChI is InChI=1S/C14H18N2O3S/c1-3-14(4-2)11(12(18)19)16-13(20-14)15-9-7-5-6-8-10(9)17/h5-8,11,17H,3-4H2,1-2H3,(H,15,16)(H,18,19). The fourth-order valence-electron chi connectivity index (χ4n) is 2.32. The number of thioether (sulfide) groups is 1. The first-order chi connectivity index (χ1) is 9.52. The molecule has 0 spiro atoms. The molecule has 20 heavy (non-hydrogen) atoms. The molecule has 0 radical (unpaired) electrons. The van der Waals surface area contributed by atoms with E-state index in [0.29, 0.717) is 10.9 Å². The van der Waals surface area contributed by atoms with Crippen LogP contribution >= 0.6 is 11.8 Å². The summed E-state index contributed by atoms with van der Waals surface area (Å²) in [6, 6.07) is 6.07. The number of anilines is 1. The van der Waals surface area contributed by atoms with E-state index < -0.39 is 16.8 Å². The Balaban J connectivity index is 2.24. The lowest BCUT2D eigenvalue weighted by molar-refractivity contribution is -0.139. The van der Waals surface area contributed by atoms with Crippen molar-refractivity contribution < 1.29 is 15.0 Å². The first-order valence-electron chi connectivity index (χ1n) is 6.57. The van der Waals surface area contributed by atoms with Crippen LogP contribution in [-0.2, 0) is 4.79 Å². The third kappa shape index (κ3) is 2.60. The molecule has 1 unspecified atom stereocenters. The number of carboxylic acids is 1. The van der Waals surface area contributed by atoms with E-state index in [1.54, 1.807) is 24.3 Å². The second-order valence-corrected chi connectivity index (χ2v) is 6.09. The van der Waals surface area contributed by atoms with Gasteiger partial charge in [-0.25, -0.2) is 9.79 Å². The minimum absolute atomic E-state index is 0.119. The molecule has 0 bridgehead atoms. The molecule has 1 aliphatic rings. The van der Waals surface area contributed by atoms with Crippen molar-refractivity contribution in [3.05, 3.63) is 24.3 Å². The van der Waals surface area contributed by atoms with Crippen molar-refractivity contribution in [3.63, 3.8) is 0 Å². The minimum atomic E-state index is -0.907. The predicted molar refractivity (Wildman–Crippen MR) is 81.5 cm³/mol. The molecule has 0 aromatic heterocycles. The minimum Gasteiger partial charge on any atom is -0.506 e. The van der Waals surface area contributed by atoms with E-state index in [1.165, 1.54) is 11.8 Å². The maximum absolute atomic E-state index is 11.4. The summed E-state index contributed by atoms with van der Waals surface area (Å²) >= 11 is 1.45. The van der Waals surface area contributed by atoms with Crippen LogP contribution in [0.1, 0.15) is 26.7 Å². The van der Waals surface area contributed by atoms with Gasteiger partial charge in [0, 0.05) is 0 Å². The SMILES string of the molecule is CCC1(CC)SC(Nc2ccccc2O)=NC1C(=O)O. The van der Waals surface area contributed by atoms with Crippen LogP contribution in [0, 0.1) is 0 Å². The summed E-state index contributed by atoms with van der Waals surface area (Å²) in [5.41, 5.74) is 0.533. The van der Waals surface area contributed by atoms with E-state index in [9.17, 15) is 15.0 Å². The molecule has 0 aliphatic carbocycles. The Labute approximate surface area is 122 Å². The first kappa shape index (κ1) is 14.7. The Kier molecular flexibility index (Phi) is 4.23. The Hall–Kier alpha value is -1.69. The topological polar surface area (TPSA) is 81.9 Å². The number of phenolic OH excluding ortho intramolecular Hbond substituents is 1. The molecule has 1 aliphatic heterocycles. The van der Waals surface area contributed by atoms with Crippen LogP contribution in [0.2, 0.25) is 0 Å². The molecule has 1 aromatic carbocycles. The number of hydrogen-bond acceptors (Lipinski definition) is 5. The molecule has 0 saturated heterocycles. The van der Waals surface area contributed by atoms with Crippen molar-refractivity contribution in [2.45, 2.75) is 37.5 Å². The maximum atomic E-state index is 11.4. The lowest BCUT2D eigenvalue weighted by Gasteiger charge is -2.28. The highest BCUT2D eigenvalue weighted by Crippen LogP contribution is 2.44. The first-order valence-corrected chi connectivity index (χ1v) is 7.38. The Morgan fingerprint density at radius 1 is 1.40 bits per heavy atom. The van der Waals surface area contributed by atoms with Gasteiger partial charge in [-0.3, -0.25) is 0 Å². The number of nitrogens with zero attached hydrogens (tertiary/aromatic N) is 1. The third-order valence-electron chi connectivity index (χ3n) is 3.62. The maximum Gasteiger partial charge on any atom is 0.330 e. The van der Waals surface area contributed by atoms with E-state index in [1.807, 2.05) is 13.8 Å². The van der Waals surface area contributed by atoms with Gasteiger partial charge in [0.15, 0.2) is 11.2 Å². The van der Waals surface area contributed by atoms with Gasteiger partial charge in [0.25, 0.3) is 0 Å². The van der Waals surface area contributed by atoms with Crippen LogP contribution in [0.25, 0.3) is 0 Å². The highest BCUT2D eigenvalue weighted by Gasteiger charge is 2.47. The predicted octanol–water partition coefficient (Wildman–Crippen LogP) is 2.92. The average molecular weight is 294 g/mol. The summed E-state index contributed by atoms with van der Waals surface area (Å²) in [5.74, 6) is -0.788. The summed E-state index contributed by atoms with van der Waals surface area (Å²) in [7, 11) is 0. The van der Waals surface area contributed by atoms with Gasteiger partial charge in [0.05, 0.1) is 10.4 Å². The van der Waals surface area contributed by atoms with Crippen molar-refractivity contribution in [3.8, 4) is 5.75 Å². The number of benzene rings is 1. The van der Waals surface area contributed by atoms with Crippen LogP contribution < -0.4 is 5.32 Å². The Morgan fingerprint density at radius 3 is 2.55 bits per heavy atom. The molecular formula is C14H18N2O3S. The lowest BCUT2D eigenvalue weighted by atomic mass is 9.93. The van der Waals surface area contributed by atoms with Crippen molar-refractivity contribution in [1.29, 1.82) is 0 Å². The number of carboxylic acid groups (broad SMARTS) is 1. The number of carbonyl (C=O) groups is 1. The number of phenols is 1. The van der Waals surface area contributed by atoms with Crippen LogP contribution in [0.3, 0.4) is 0 Å². The number of aliphatic carboxylic acids is 1. The average Bonchev–Trinajstić information content (AvgIpc) is 2.81. The molecule has 1 aromatic rings. The molecule has 0 amide bonds. The van der Waals surface area contributed by atoms with Crippen LogP contribution in [0.15, 0.2) is 29.3 Å². The number of hydrogen-bond donors (Lipinski definition) is 3. The van der Waals surface area contributed by atoms with Crippen LogP contribution in [0.5, 0.6) is 5.75 Å². The van der Waals surface area contributed by atoms with Gasteiger partial charge in [-0.1, -0.05) is 37.7 Å². The van der Waals surface area contributed by atoms with Gasteiger partial charge in [-0.2, -0.15) is 0 Å². The number of amidine groups is 1. The third-order valence-corrected chi connectivity index (χ3v) is 5.23. The molecule has 108 valence electrons. The fraction of sp³-hybridized carbons (Fsp3) is 0.429. The smallest absolute Gasteiger partial charge is 0.330 e. The molecule has 2 rings (SSSR count). The highest BCUT2D eigenvalue weighted by molar-refractivity contribution is 8.15. The molecule has 1 atom stereocenters. The van der Waals surface area contributed by atoms with Crippen LogP contribution in [-0.4, -0.2) is 32.1 Å². The van der Waals surface area contributed by atoms with Gasteiger partial charge in [-0.05, 0) is 25.0 Å². The van der Waals surface area contributed by atoms with Gasteiger partial charge in [0.2, 0.25) is 0 Å². The van der Waals surface area contributed by atoms with Crippen molar-refractivity contribution in [2.75, 3.05) is 5.32 Å². The number of nitrogens with one attached hydrogen (secondary N) is 1. The number of aromatic hydroxyl groups is 1. The molecule has 5 nitrogen and oxygen atoms in total. The number of aliphatic imine (C=N–C) groups is 1. The van der Waals surface area contributed by atoms with Gasteiger partial charge >= 0.3 is 5.97 Å². The Morgan fingerprint density at radius 2 is 2.05 bits per heavy atom. The summed E-state index contributed by atoms with van der Waals surface area (Å²) in [6.07, 6.45) is 1.45. The van der Waals surface area contributed by atoms with Gasteiger partial charge in [-0.15, -0.1) is 0 Å². The zero-order valence-corrected chi connectivity index (χ0v) is 12.3. The second-order valence-electron chi connectivity index (χ2n) is 4.69. The molecule has 6 heteroatoms. The second kappa shape index (κ2) is 5.75. The molecule has 0 saturated carbocycles. The number of para-hydroxylation sites is 2. The lowest BCUT2D eigenvalue weighted by Crippen LogP contribution is -2.39. The van der Waals surface area contributed by atoms with E-state index >= 15 is 0 Å². The summed E-state index contributed by atoms with van der Waals surface area (Å²) in [5, 5.41) is 22.7. The Bertz CT molecular complexity index is 541. The molecule has 3 N–H and O–H groups in total. The van der Waals surface area contributed by atoms with E-state index in [2.05, 4.69) is 10.3 Å². The van der Waals surface area contributed by atoms with Crippen LogP contribution in [0.4, 0.5) is 5.69 Å². The summed E-state index contributed by atoms with van der Waals surface area (Å²) in [4.78, 5) is 15.7. The van der Waals surface area contributed by atoms with E-state index in [4.69, 9.17) is 0 Å². The van der Waals surface area contributed by atoms with E-state index in [0.717, 1.165) is 12.8 Å². The monoisotopic (exact) mass is 294 g/mol. The zero-order chi connectivity index (χ0) is 14.8. The molecular weight excluding hydrogens is 276 g/mol. The van der Waals surface area contributed by atoms with Crippen molar-refractivity contribution in [2.24, 2.45) is 4.99 Å². The van der Waals surface area contributed by atoms with E-state index in [-0.39, 0.29) is 5.75 Å². The highest BCUT2D eigenvalue weighted by atomic mass is 32.2. The summed E-state index contributed by atoms with van der Waals surface area (Å²) < 4.78 is -0.418. The van der Waals surface area contributed by atoms with Crippen molar-refractivity contribution >= 4 is 28.6 Å². The number of rotatable bonds is 4. The molecule has 0 fully saturated rings. The quantitative estimate of drug-likeness (QED) is 0.744. The normalized spacial score (nSPS) is 20.5. The van der Waals surface area contributed by atoms with Gasteiger partial charge in [0.1, 0.15) is 5.75 Å².